The molecule has 0 saturated carbocycles. The molecule has 0 saturated heterocycles. The van der Waals surface area contributed by atoms with Gasteiger partial charge in [-0.3, -0.25) is 0 Å². The minimum Gasteiger partial charge on any atom is -0.309 e. The van der Waals surface area contributed by atoms with Gasteiger partial charge in [-0.05, 0) is 103 Å². The van der Waals surface area contributed by atoms with Gasteiger partial charge in [0.1, 0.15) is 0 Å². The van der Waals surface area contributed by atoms with Crippen LogP contribution < -0.4 is 4.90 Å². The van der Waals surface area contributed by atoms with E-state index in [1.54, 1.807) is 0 Å². The van der Waals surface area contributed by atoms with Crippen LogP contribution in [0.15, 0.2) is 176 Å². The van der Waals surface area contributed by atoms with Gasteiger partial charge in [-0.15, -0.1) is 0 Å². The summed E-state index contributed by atoms with van der Waals surface area (Å²) >= 11 is 0. The smallest absolute Gasteiger partial charge is 0.0714 e. The number of rotatable bonds is 5. The fourth-order valence-electron chi connectivity index (χ4n) is 11.9. The van der Waals surface area contributed by atoms with Gasteiger partial charge in [0.2, 0.25) is 0 Å². The summed E-state index contributed by atoms with van der Waals surface area (Å²) in [5, 5.41) is 2.47. The van der Waals surface area contributed by atoms with E-state index in [4.69, 9.17) is 0 Å². The maximum atomic E-state index is 2.63. The molecule has 58 heavy (non-hydrogen) atoms. The summed E-state index contributed by atoms with van der Waals surface area (Å²) in [6, 6.07) is 66.8. The van der Waals surface area contributed by atoms with E-state index in [1.807, 2.05) is 0 Å². The molecule has 0 heterocycles. The van der Waals surface area contributed by atoms with Crippen LogP contribution in [0.5, 0.6) is 0 Å². The number of fused-ring (bicyclic) bond motifs is 8. The molecular weight excluding hydrogens is 699 g/mol. The number of anilines is 3. The molecule has 1 heteroatoms. The Labute approximate surface area is 343 Å². The van der Waals surface area contributed by atoms with Crippen molar-refractivity contribution in [3.05, 3.63) is 220 Å². The zero-order valence-electron chi connectivity index (χ0n) is 34.4. The molecule has 3 aliphatic carbocycles. The fourth-order valence-corrected chi connectivity index (χ4v) is 11.9. The molecule has 8 aromatic carbocycles. The Balaban J connectivity index is 1.32. The van der Waals surface area contributed by atoms with Crippen molar-refractivity contribution in [2.75, 3.05) is 4.90 Å². The molecule has 0 unspecified atom stereocenters. The molecule has 0 N–H and O–H groups in total. The van der Waals surface area contributed by atoms with Gasteiger partial charge >= 0.3 is 0 Å². The van der Waals surface area contributed by atoms with Crippen molar-refractivity contribution >= 4 is 27.8 Å². The van der Waals surface area contributed by atoms with Crippen LogP contribution in [0.3, 0.4) is 0 Å². The van der Waals surface area contributed by atoms with Crippen LogP contribution in [0.25, 0.3) is 33.0 Å². The average Bonchev–Trinajstić information content (AvgIpc) is 3.74. The number of hydrogen-bond donors (Lipinski definition) is 0. The van der Waals surface area contributed by atoms with Crippen molar-refractivity contribution in [1.29, 1.82) is 0 Å². The number of hydrogen-bond acceptors (Lipinski definition) is 1. The highest BCUT2D eigenvalue weighted by atomic mass is 15.2. The summed E-state index contributed by atoms with van der Waals surface area (Å²) in [6.07, 6.45) is 1.11. The third-order valence-electron chi connectivity index (χ3n) is 14.1. The van der Waals surface area contributed by atoms with Gasteiger partial charge in [-0.2, -0.15) is 0 Å². The van der Waals surface area contributed by atoms with E-state index in [-0.39, 0.29) is 16.2 Å². The van der Waals surface area contributed by atoms with E-state index >= 15 is 0 Å². The number of nitrogens with zero attached hydrogens (tertiary/aromatic N) is 1. The summed E-state index contributed by atoms with van der Waals surface area (Å²) in [6.45, 7) is 14.6. The molecule has 3 aliphatic rings. The SMILES string of the molecule is CC1(C)CC(C)(C)c2cc3c(cc21)-c1c(N(c2cccc4c2-c2ccccc2C4(C)C)c2cccc4ccccc24)cccc1C3(c1ccccc1)c1ccccc1. The van der Waals surface area contributed by atoms with E-state index in [1.165, 1.54) is 94.6 Å². The lowest BCUT2D eigenvalue weighted by atomic mass is 9.67. The highest BCUT2D eigenvalue weighted by Gasteiger charge is 2.51. The Morgan fingerprint density at radius 2 is 0.879 bits per heavy atom. The first kappa shape index (κ1) is 35.0. The van der Waals surface area contributed by atoms with Crippen molar-refractivity contribution in [3.8, 4) is 22.3 Å². The predicted octanol–water partition coefficient (Wildman–Crippen LogP) is 14.9. The van der Waals surface area contributed by atoms with Crippen LogP contribution >= 0.6 is 0 Å². The first-order valence-corrected chi connectivity index (χ1v) is 21.0. The zero-order chi connectivity index (χ0) is 39.6. The minimum absolute atomic E-state index is 0.0403. The van der Waals surface area contributed by atoms with E-state index in [0.717, 1.165) is 6.42 Å². The van der Waals surface area contributed by atoms with Gasteiger partial charge in [0.05, 0.1) is 22.5 Å². The van der Waals surface area contributed by atoms with Crippen LogP contribution in [0.2, 0.25) is 0 Å². The van der Waals surface area contributed by atoms with Gasteiger partial charge in [0.15, 0.2) is 0 Å². The second-order valence-electron chi connectivity index (χ2n) is 18.8. The largest absolute Gasteiger partial charge is 0.309 e. The quantitative estimate of drug-likeness (QED) is 0.169. The van der Waals surface area contributed by atoms with Gasteiger partial charge in [-0.1, -0.05) is 193 Å². The molecule has 0 fully saturated rings. The van der Waals surface area contributed by atoms with Crippen LogP contribution in [0, 0.1) is 0 Å². The van der Waals surface area contributed by atoms with Gasteiger partial charge in [0, 0.05) is 21.9 Å². The van der Waals surface area contributed by atoms with Crippen LogP contribution in [0.1, 0.15) is 92.5 Å². The van der Waals surface area contributed by atoms with Crippen molar-refractivity contribution in [3.63, 3.8) is 0 Å². The normalized spacial score (nSPS) is 16.9. The highest BCUT2D eigenvalue weighted by molar-refractivity contribution is 6.06. The Kier molecular flexibility index (Phi) is 7.35. The fraction of sp³-hybridized carbons (Fsp3) is 0.193. The van der Waals surface area contributed by atoms with Crippen LogP contribution in [-0.2, 0) is 21.7 Å². The summed E-state index contributed by atoms with van der Waals surface area (Å²) in [7, 11) is 0. The summed E-state index contributed by atoms with van der Waals surface area (Å²) in [4.78, 5) is 2.62. The molecule has 1 nitrogen and oxygen atoms in total. The topological polar surface area (TPSA) is 3.24 Å². The van der Waals surface area contributed by atoms with Gasteiger partial charge in [-0.25, -0.2) is 0 Å². The molecule has 282 valence electrons. The van der Waals surface area contributed by atoms with E-state index in [2.05, 4.69) is 222 Å². The first-order chi connectivity index (χ1) is 28.0. The third kappa shape index (κ3) is 4.65. The lowest BCUT2D eigenvalue weighted by Gasteiger charge is -2.35. The van der Waals surface area contributed by atoms with Gasteiger partial charge in [0.25, 0.3) is 0 Å². The standard InChI is InChI=1S/C57H49N/c1-54(2)36-55(3,4)48-35-46-42(34-47(48)54)53-45(57(46,38-22-9-7-10-23-38)39-24-11-8-12-25-39)30-19-33-51(53)58(49-31-17-21-37-20-13-14-26-40(37)49)50-32-18-29-44-52(50)41-27-15-16-28-43(41)56(44,5)6/h7-35H,36H2,1-6H3. The molecule has 0 radical (unpaired) electrons. The molecule has 0 bridgehead atoms. The Hall–Kier alpha value is -6.18. The summed E-state index contributed by atoms with van der Waals surface area (Å²) in [5.74, 6) is 0. The average molecular weight is 748 g/mol. The first-order valence-electron chi connectivity index (χ1n) is 21.0. The van der Waals surface area contributed by atoms with E-state index in [0.29, 0.717) is 0 Å². The predicted molar refractivity (Wildman–Crippen MR) is 244 cm³/mol. The molecule has 11 rings (SSSR count). The molecular formula is C57H49N. The van der Waals surface area contributed by atoms with E-state index < -0.39 is 5.41 Å². The maximum absolute atomic E-state index is 2.63. The van der Waals surface area contributed by atoms with Crippen molar-refractivity contribution in [2.24, 2.45) is 0 Å². The minimum atomic E-state index is -0.529. The second kappa shape index (κ2) is 12.2. The molecule has 0 amide bonds. The highest BCUT2D eigenvalue weighted by Crippen LogP contribution is 2.63. The second-order valence-corrected chi connectivity index (χ2v) is 18.8. The zero-order valence-corrected chi connectivity index (χ0v) is 34.4. The molecule has 8 aromatic rings. The molecule has 0 spiro atoms. The lowest BCUT2D eigenvalue weighted by molar-refractivity contribution is 0.403. The maximum Gasteiger partial charge on any atom is 0.0714 e. The Morgan fingerprint density at radius 1 is 0.379 bits per heavy atom. The number of benzene rings is 8. The summed E-state index contributed by atoms with van der Waals surface area (Å²) < 4.78 is 0. The third-order valence-corrected chi connectivity index (χ3v) is 14.1. The van der Waals surface area contributed by atoms with Gasteiger partial charge < -0.3 is 4.90 Å². The van der Waals surface area contributed by atoms with Crippen molar-refractivity contribution in [1.82, 2.24) is 0 Å². The summed E-state index contributed by atoms with van der Waals surface area (Å²) in [5.41, 5.74) is 19.3. The van der Waals surface area contributed by atoms with Crippen molar-refractivity contribution < 1.29 is 0 Å². The lowest BCUT2D eigenvalue weighted by Crippen LogP contribution is -2.29. The monoisotopic (exact) mass is 747 g/mol. The molecule has 0 aromatic heterocycles. The van der Waals surface area contributed by atoms with E-state index in [9.17, 15) is 0 Å². The molecule has 0 aliphatic heterocycles. The van der Waals surface area contributed by atoms with Crippen LogP contribution in [-0.4, -0.2) is 0 Å². The van der Waals surface area contributed by atoms with Crippen molar-refractivity contribution in [2.45, 2.75) is 69.6 Å². The Morgan fingerprint density at radius 3 is 1.57 bits per heavy atom. The molecule has 0 atom stereocenters. The van der Waals surface area contributed by atoms with Crippen LogP contribution in [0.4, 0.5) is 17.1 Å². The Bertz CT molecular complexity index is 2900.